The molecule has 3 aromatic heterocycles. The van der Waals surface area contributed by atoms with Crippen molar-refractivity contribution < 1.29 is 9.13 Å². The molecule has 0 aliphatic heterocycles. The number of benzene rings is 1. The van der Waals surface area contributed by atoms with Gasteiger partial charge in [0, 0.05) is 24.5 Å². The van der Waals surface area contributed by atoms with E-state index >= 15 is 0 Å². The highest BCUT2D eigenvalue weighted by atomic mass is 19.1. The number of hydrogen-bond acceptors (Lipinski definition) is 7. The highest BCUT2D eigenvalue weighted by Crippen LogP contribution is 2.38. The first kappa shape index (κ1) is 20.2. The lowest BCUT2D eigenvalue weighted by atomic mass is 10.1. The Balaban J connectivity index is 1.50. The van der Waals surface area contributed by atoms with Crippen LogP contribution in [0.2, 0.25) is 0 Å². The number of nitrogens with two attached hydrogens (primary N) is 1. The van der Waals surface area contributed by atoms with E-state index in [1.54, 1.807) is 41.2 Å². The third-order valence-electron chi connectivity index (χ3n) is 5.82. The molecule has 0 radical (unpaired) electrons. The molecule has 32 heavy (non-hydrogen) atoms. The van der Waals surface area contributed by atoms with Crippen LogP contribution in [0, 0.1) is 17.7 Å². The third kappa shape index (κ3) is 4.05. The van der Waals surface area contributed by atoms with Crippen LogP contribution in [0.5, 0.6) is 6.01 Å². The minimum absolute atomic E-state index is 0.117. The van der Waals surface area contributed by atoms with Crippen LogP contribution in [-0.4, -0.2) is 31.2 Å². The van der Waals surface area contributed by atoms with Gasteiger partial charge in [0.2, 0.25) is 0 Å². The fourth-order valence-electron chi connectivity index (χ4n) is 3.71. The molecule has 0 bridgehead atoms. The Kier molecular flexibility index (Phi) is 5.08. The van der Waals surface area contributed by atoms with E-state index in [2.05, 4.69) is 32.3 Å². The Morgan fingerprint density at radius 2 is 2.06 bits per heavy atom. The van der Waals surface area contributed by atoms with Gasteiger partial charge >= 0.3 is 6.01 Å². The minimum Gasteiger partial charge on any atom is -0.463 e. The molecule has 9 heteroatoms. The molecule has 3 N–H and O–H groups in total. The fraction of sp³-hybridized carbons (Fsp3) is 0.304. The number of nitrogens with one attached hydrogen (secondary N) is 1. The number of ether oxygens (including phenoxy) is 1. The van der Waals surface area contributed by atoms with Gasteiger partial charge in [0.1, 0.15) is 11.6 Å². The topological polar surface area (TPSA) is 103 Å². The maximum absolute atomic E-state index is 13.3. The highest BCUT2D eigenvalue weighted by molar-refractivity contribution is 5.85. The van der Waals surface area contributed by atoms with Crippen LogP contribution in [0.1, 0.15) is 31.9 Å². The van der Waals surface area contributed by atoms with Crippen molar-refractivity contribution in [3.05, 3.63) is 60.2 Å². The van der Waals surface area contributed by atoms with Crippen molar-refractivity contribution in [2.24, 2.45) is 11.8 Å². The summed E-state index contributed by atoms with van der Waals surface area (Å²) in [4.78, 5) is 13.6. The summed E-state index contributed by atoms with van der Waals surface area (Å²) in [6.45, 7) is 4.75. The summed E-state index contributed by atoms with van der Waals surface area (Å²) >= 11 is 0. The molecule has 3 atom stereocenters. The minimum atomic E-state index is -0.272. The maximum Gasteiger partial charge on any atom is 0.318 e. The van der Waals surface area contributed by atoms with Crippen LogP contribution in [0.4, 0.5) is 16.0 Å². The van der Waals surface area contributed by atoms with E-state index in [0.717, 1.165) is 12.0 Å². The number of rotatable bonds is 7. The molecule has 1 fully saturated rings. The normalized spacial score (nSPS) is 18.5. The molecular weight excluding hydrogens is 409 g/mol. The summed E-state index contributed by atoms with van der Waals surface area (Å²) in [5, 5.41) is 7.69. The number of fused-ring (bicyclic) bond motifs is 1. The average Bonchev–Trinajstić information content (AvgIpc) is 3.38. The van der Waals surface area contributed by atoms with Gasteiger partial charge in [0.05, 0.1) is 17.9 Å². The van der Waals surface area contributed by atoms with E-state index < -0.39 is 0 Å². The molecule has 8 nitrogen and oxygen atoms in total. The maximum atomic E-state index is 13.3. The van der Waals surface area contributed by atoms with E-state index in [1.807, 2.05) is 6.92 Å². The van der Waals surface area contributed by atoms with Gasteiger partial charge in [-0.2, -0.15) is 9.97 Å². The molecule has 1 aliphatic rings. The van der Waals surface area contributed by atoms with Gasteiger partial charge < -0.3 is 15.8 Å². The van der Waals surface area contributed by atoms with E-state index in [0.29, 0.717) is 47.0 Å². The van der Waals surface area contributed by atoms with Gasteiger partial charge in [-0.3, -0.25) is 0 Å². The molecule has 3 heterocycles. The molecule has 0 amide bonds. The number of anilines is 2. The second kappa shape index (κ2) is 8.07. The Morgan fingerprint density at radius 1 is 1.28 bits per heavy atom. The third-order valence-corrected chi connectivity index (χ3v) is 5.82. The SMILES string of the molecule is CC1CC1COc1nc(N[C@@H](C)c2ccc(F)cc2)cc(-c2c(N)nn3cccnc23)n1. The average molecular weight is 433 g/mol. The number of nitrogen functional groups attached to an aromatic ring is 1. The summed E-state index contributed by atoms with van der Waals surface area (Å²) in [5.74, 6) is 1.81. The first-order valence-corrected chi connectivity index (χ1v) is 10.6. The van der Waals surface area contributed by atoms with Crippen molar-refractivity contribution >= 4 is 17.3 Å². The summed E-state index contributed by atoms with van der Waals surface area (Å²) < 4.78 is 20.9. The van der Waals surface area contributed by atoms with Crippen molar-refractivity contribution in [2.45, 2.75) is 26.3 Å². The summed E-state index contributed by atoms with van der Waals surface area (Å²) in [7, 11) is 0. The van der Waals surface area contributed by atoms with Crippen LogP contribution < -0.4 is 15.8 Å². The van der Waals surface area contributed by atoms with Gasteiger partial charge in [-0.15, -0.1) is 5.10 Å². The van der Waals surface area contributed by atoms with Gasteiger partial charge in [0.15, 0.2) is 11.5 Å². The Morgan fingerprint density at radius 3 is 2.81 bits per heavy atom. The van der Waals surface area contributed by atoms with E-state index in [9.17, 15) is 4.39 Å². The van der Waals surface area contributed by atoms with Crippen molar-refractivity contribution in [2.75, 3.05) is 17.7 Å². The first-order chi connectivity index (χ1) is 15.5. The Labute approximate surface area is 184 Å². The van der Waals surface area contributed by atoms with Crippen LogP contribution in [0.15, 0.2) is 48.8 Å². The van der Waals surface area contributed by atoms with Crippen molar-refractivity contribution in [1.82, 2.24) is 24.6 Å². The molecule has 1 aromatic carbocycles. The predicted octanol–water partition coefficient (Wildman–Crippen LogP) is 4.12. The Bertz CT molecular complexity index is 1260. The zero-order chi connectivity index (χ0) is 22.2. The molecule has 0 saturated heterocycles. The lowest BCUT2D eigenvalue weighted by molar-refractivity contribution is 0.271. The van der Waals surface area contributed by atoms with Gasteiger partial charge in [-0.1, -0.05) is 19.1 Å². The fourth-order valence-corrected chi connectivity index (χ4v) is 3.71. The Hall–Kier alpha value is -3.75. The van der Waals surface area contributed by atoms with E-state index in [-0.39, 0.29) is 17.9 Å². The predicted molar refractivity (Wildman–Crippen MR) is 120 cm³/mol. The summed E-state index contributed by atoms with van der Waals surface area (Å²) in [6.07, 6.45) is 4.62. The standard InChI is InChI=1S/C23H24FN7O/c1-13-10-16(13)12-32-23-28-18(20-21(25)30-31-9-3-8-26-22(20)31)11-19(29-23)27-14(2)15-4-6-17(24)7-5-15/h3-9,11,13-14,16H,10,12H2,1-2H3,(H2,25,30)(H,27,28,29)/t13?,14-,16?/m0/s1. The molecule has 164 valence electrons. The van der Waals surface area contributed by atoms with Gasteiger partial charge in [-0.05, 0) is 48.9 Å². The van der Waals surface area contributed by atoms with Crippen LogP contribution >= 0.6 is 0 Å². The van der Waals surface area contributed by atoms with Crippen LogP contribution in [-0.2, 0) is 0 Å². The van der Waals surface area contributed by atoms with Crippen molar-refractivity contribution in [1.29, 1.82) is 0 Å². The second-order valence-electron chi connectivity index (χ2n) is 8.27. The van der Waals surface area contributed by atoms with Crippen LogP contribution in [0.25, 0.3) is 16.9 Å². The van der Waals surface area contributed by atoms with E-state index in [4.69, 9.17) is 10.5 Å². The smallest absolute Gasteiger partial charge is 0.318 e. The van der Waals surface area contributed by atoms with Crippen molar-refractivity contribution in [3.8, 4) is 17.3 Å². The van der Waals surface area contributed by atoms with E-state index in [1.165, 1.54) is 12.1 Å². The number of hydrogen-bond donors (Lipinski definition) is 2. The molecule has 1 saturated carbocycles. The first-order valence-electron chi connectivity index (χ1n) is 10.6. The largest absolute Gasteiger partial charge is 0.463 e. The lowest BCUT2D eigenvalue weighted by Crippen LogP contribution is -2.11. The molecule has 1 aliphatic carbocycles. The molecule has 0 spiro atoms. The molecular formula is C23H24FN7O. The number of aromatic nitrogens is 5. The van der Waals surface area contributed by atoms with Gasteiger partial charge in [0.25, 0.3) is 0 Å². The number of nitrogens with zero attached hydrogens (tertiary/aromatic N) is 5. The second-order valence-corrected chi connectivity index (χ2v) is 8.27. The molecule has 2 unspecified atom stereocenters. The zero-order valence-corrected chi connectivity index (χ0v) is 17.9. The molecule has 4 aromatic rings. The number of halogens is 1. The highest BCUT2D eigenvalue weighted by Gasteiger charge is 2.33. The lowest BCUT2D eigenvalue weighted by Gasteiger charge is -2.16. The van der Waals surface area contributed by atoms with Crippen molar-refractivity contribution in [3.63, 3.8) is 0 Å². The van der Waals surface area contributed by atoms with Crippen LogP contribution in [0.3, 0.4) is 0 Å². The monoisotopic (exact) mass is 433 g/mol. The summed E-state index contributed by atoms with van der Waals surface area (Å²) in [6, 6.07) is 10.1. The quantitative estimate of drug-likeness (QED) is 0.452. The summed E-state index contributed by atoms with van der Waals surface area (Å²) in [5.41, 5.74) is 8.93. The van der Waals surface area contributed by atoms with Gasteiger partial charge in [-0.25, -0.2) is 13.9 Å². The zero-order valence-electron chi connectivity index (χ0n) is 17.9. The molecule has 5 rings (SSSR count).